The summed E-state index contributed by atoms with van der Waals surface area (Å²) in [5.41, 5.74) is 0.303. The van der Waals surface area contributed by atoms with Gasteiger partial charge in [-0.05, 0) is 20.3 Å². The van der Waals surface area contributed by atoms with Crippen LogP contribution in [0.4, 0.5) is 0 Å². The number of aromatic nitrogens is 7. The van der Waals surface area contributed by atoms with Crippen LogP contribution in [0.15, 0.2) is 18.7 Å². The molecule has 1 aliphatic carbocycles. The van der Waals surface area contributed by atoms with E-state index in [9.17, 15) is 8.42 Å². The summed E-state index contributed by atoms with van der Waals surface area (Å²) >= 11 is 5.88. The van der Waals surface area contributed by atoms with Gasteiger partial charge in [-0.3, -0.25) is 4.57 Å². The van der Waals surface area contributed by atoms with E-state index in [0.717, 1.165) is 0 Å². The van der Waals surface area contributed by atoms with Crippen molar-refractivity contribution in [2.24, 2.45) is 0 Å². The molecule has 3 heterocycles. The van der Waals surface area contributed by atoms with Gasteiger partial charge >= 0.3 is 0 Å². The summed E-state index contributed by atoms with van der Waals surface area (Å²) in [6.45, 7) is 3.98. The second kappa shape index (κ2) is 11.2. The van der Waals surface area contributed by atoms with Crippen molar-refractivity contribution in [3.05, 3.63) is 41.2 Å². The molecule has 0 aromatic carbocycles. The van der Waals surface area contributed by atoms with Gasteiger partial charge in [-0.1, -0.05) is 11.6 Å². The van der Waals surface area contributed by atoms with E-state index in [2.05, 4.69) is 30.1 Å². The van der Waals surface area contributed by atoms with E-state index in [1.807, 2.05) is 6.92 Å². The van der Waals surface area contributed by atoms with Crippen LogP contribution in [0.5, 0.6) is 11.8 Å². The van der Waals surface area contributed by atoms with Crippen molar-refractivity contribution in [3.8, 4) is 17.4 Å². The molecule has 200 valence electrons. The molecule has 0 amide bonds. The number of hydrogen-bond acceptors (Lipinski definition) is 12. The first-order valence-corrected chi connectivity index (χ1v) is 13.6. The number of sulfone groups is 1. The number of hydrogen-bond donors (Lipinski definition) is 0. The molecule has 0 aliphatic heterocycles. The van der Waals surface area contributed by atoms with Crippen LogP contribution in [-0.2, 0) is 25.1 Å². The van der Waals surface area contributed by atoms with E-state index in [1.54, 1.807) is 4.57 Å². The van der Waals surface area contributed by atoms with Crippen molar-refractivity contribution in [1.29, 1.82) is 0 Å². The lowest BCUT2D eigenvalue weighted by Gasteiger charge is -2.22. The van der Waals surface area contributed by atoms with E-state index in [0.29, 0.717) is 29.6 Å². The fourth-order valence-electron chi connectivity index (χ4n) is 4.06. The van der Waals surface area contributed by atoms with Gasteiger partial charge < -0.3 is 18.9 Å². The van der Waals surface area contributed by atoms with E-state index in [1.165, 1.54) is 47.0 Å². The smallest absolute Gasteiger partial charge is 0.245 e. The zero-order chi connectivity index (χ0) is 26.7. The molecule has 0 radical (unpaired) electrons. The van der Waals surface area contributed by atoms with E-state index in [-0.39, 0.29) is 35.4 Å². The van der Waals surface area contributed by atoms with Gasteiger partial charge in [0.1, 0.15) is 24.0 Å². The van der Waals surface area contributed by atoms with Crippen LogP contribution in [-0.4, -0.2) is 82.4 Å². The molecule has 1 saturated carbocycles. The highest BCUT2D eigenvalue weighted by atomic mass is 35.5. The van der Waals surface area contributed by atoms with E-state index >= 15 is 0 Å². The van der Waals surface area contributed by atoms with Crippen LogP contribution in [0.3, 0.4) is 0 Å². The van der Waals surface area contributed by atoms with Gasteiger partial charge in [-0.25, -0.2) is 18.4 Å². The molecule has 3 aromatic heterocycles. The molecule has 0 bridgehead atoms. The summed E-state index contributed by atoms with van der Waals surface area (Å²) in [6.07, 6.45) is 3.78. The minimum absolute atomic E-state index is 0.0575. The lowest BCUT2D eigenvalue weighted by Crippen LogP contribution is -2.30. The molecule has 0 N–H and O–H groups in total. The lowest BCUT2D eigenvalue weighted by atomic mass is 10.2. The normalized spacial score (nSPS) is 18.9. The minimum atomic E-state index is -3.88. The Kier molecular flexibility index (Phi) is 8.21. The van der Waals surface area contributed by atoms with Crippen molar-refractivity contribution in [1.82, 2.24) is 34.7 Å². The molecule has 3 aromatic rings. The third kappa shape index (κ3) is 5.51. The third-order valence-electron chi connectivity index (χ3n) is 6.04. The number of rotatable bonds is 12. The minimum Gasteiger partial charge on any atom is -0.479 e. The zero-order valence-corrected chi connectivity index (χ0v) is 22.6. The first-order valence-electron chi connectivity index (χ1n) is 11.5. The maximum absolute atomic E-state index is 13.6. The number of ether oxygens (including phenoxy) is 4. The maximum atomic E-state index is 13.6. The van der Waals surface area contributed by atoms with Gasteiger partial charge in [-0.2, -0.15) is 9.97 Å². The van der Waals surface area contributed by atoms with Crippen LogP contribution in [0.2, 0.25) is 5.02 Å². The molecule has 4 rings (SSSR count). The summed E-state index contributed by atoms with van der Waals surface area (Å²) in [5, 5.41) is 7.90. The Morgan fingerprint density at radius 3 is 2.30 bits per heavy atom. The van der Waals surface area contributed by atoms with Crippen molar-refractivity contribution < 1.29 is 27.4 Å². The Balaban J connectivity index is 1.76. The Hall–Kier alpha value is -2.94. The first kappa shape index (κ1) is 27.1. The van der Waals surface area contributed by atoms with Gasteiger partial charge in [0.15, 0.2) is 27.2 Å². The summed E-state index contributed by atoms with van der Waals surface area (Å²) in [5.74, 6) is 0.638. The topological polar surface area (TPSA) is 153 Å². The SMILES string of the molecule is CCO[C@H]1C[C@@H]1c1nnc(CS(=O)(=O)[C@@H](C)[C@H](OC)c2ncc(Cl)cn2)n1-c1c(OC)ncnc1OC. The van der Waals surface area contributed by atoms with Crippen molar-refractivity contribution in [2.75, 3.05) is 27.9 Å². The lowest BCUT2D eigenvalue weighted by molar-refractivity contribution is 0.0948. The predicted molar refractivity (Wildman–Crippen MR) is 132 cm³/mol. The monoisotopic (exact) mass is 553 g/mol. The van der Waals surface area contributed by atoms with Gasteiger partial charge in [0, 0.05) is 32.0 Å². The molecule has 0 spiro atoms. The van der Waals surface area contributed by atoms with Crippen LogP contribution in [0.25, 0.3) is 5.69 Å². The highest BCUT2D eigenvalue weighted by Gasteiger charge is 2.45. The van der Waals surface area contributed by atoms with E-state index in [4.69, 9.17) is 30.5 Å². The summed E-state index contributed by atoms with van der Waals surface area (Å²) in [4.78, 5) is 16.6. The third-order valence-corrected chi connectivity index (χ3v) is 8.27. The summed E-state index contributed by atoms with van der Waals surface area (Å²) < 4.78 is 51.0. The first-order chi connectivity index (χ1) is 17.7. The van der Waals surface area contributed by atoms with Crippen LogP contribution in [0.1, 0.15) is 49.8 Å². The Morgan fingerprint density at radius 2 is 1.73 bits per heavy atom. The Labute approximate surface area is 219 Å². The Morgan fingerprint density at radius 1 is 1.08 bits per heavy atom. The molecule has 1 fully saturated rings. The average molecular weight is 554 g/mol. The molecular formula is C22H28ClN7O6S. The molecule has 37 heavy (non-hydrogen) atoms. The Bertz CT molecular complexity index is 1320. The van der Waals surface area contributed by atoms with Crippen LogP contribution < -0.4 is 9.47 Å². The number of methoxy groups -OCH3 is 3. The standard InChI is InChI=1S/C22H28ClN7O6S/c1-6-36-15-7-14(15)20-29-28-16(30(20)17-21(34-4)26-11-27-22(17)35-5)10-37(31,32)12(2)18(33-3)19-24-8-13(23)9-25-19/h8-9,11-12,14-15,18H,6-7,10H2,1-5H3/t12-,14-,15-,18-/m0/s1. The molecular weight excluding hydrogens is 526 g/mol. The van der Waals surface area contributed by atoms with E-state index < -0.39 is 26.9 Å². The fraction of sp³-hybridized carbons (Fsp3) is 0.545. The summed E-state index contributed by atoms with van der Waals surface area (Å²) in [6, 6.07) is 0. The number of nitrogens with zero attached hydrogens (tertiary/aromatic N) is 7. The van der Waals surface area contributed by atoms with Gasteiger partial charge in [0.05, 0.1) is 30.6 Å². The highest BCUT2D eigenvalue weighted by molar-refractivity contribution is 7.91. The second-order valence-corrected chi connectivity index (χ2v) is 11.1. The average Bonchev–Trinajstić information content (AvgIpc) is 3.54. The predicted octanol–water partition coefficient (Wildman–Crippen LogP) is 2.10. The van der Waals surface area contributed by atoms with Gasteiger partial charge in [0.25, 0.3) is 0 Å². The molecule has 13 nitrogen and oxygen atoms in total. The van der Waals surface area contributed by atoms with Crippen LogP contribution in [0, 0.1) is 0 Å². The maximum Gasteiger partial charge on any atom is 0.245 e. The molecule has 4 atom stereocenters. The largest absolute Gasteiger partial charge is 0.479 e. The second-order valence-electron chi connectivity index (χ2n) is 8.31. The molecule has 0 saturated heterocycles. The van der Waals surface area contributed by atoms with Crippen LogP contribution >= 0.6 is 11.6 Å². The molecule has 0 unspecified atom stereocenters. The fourth-order valence-corrected chi connectivity index (χ4v) is 5.58. The zero-order valence-electron chi connectivity index (χ0n) is 21.0. The summed E-state index contributed by atoms with van der Waals surface area (Å²) in [7, 11) is 0.408. The van der Waals surface area contributed by atoms with Crippen molar-refractivity contribution >= 4 is 21.4 Å². The molecule has 15 heteroatoms. The van der Waals surface area contributed by atoms with Crippen molar-refractivity contribution in [2.45, 2.75) is 49.4 Å². The van der Waals surface area contributed by atoms with Gasteiger partial charge in [0.2, 0.25) is 11.8 Å². The van der Waals surface area contributed by atoms with Gasteiger partial charge in [-0.15, -0.1) is 10.2 Å². The van der Waals surface area contributed by atoms with Crippen molar-refractivity contribution in [3.63, 3.8) is 0 Å². The number of halogens is 1. The molecule has 1 aliphatic rings. The quantitative estimate of drug-likeness (QED) is 0.322. The highest BCUT2D eigenvalue weighted by Crippen LogP contribution is 2.45.